The lowest BCUT2D eigenvalue weighted by atomic mass is 10.1. The van der Waals surface area contributed by atoms with Crippen molar-refractivity contribution in [2.45, 2.75) is 13.0 Å². The number of aryl methyl sites for hydroxylation is 1. The molecule has 0 aliphatic carbocycles. The van der Waals surface area contributed by atoms with Gasteiger partial charge in [-0.15, -0.1) is 0 Å². The lowest BCUT2D eigenvalue weighted by molar-refractivity contribution is 0.748. The summed E-state index contributed by atoms with van der Waals surface area (Å²) in [5, 5.41) is 12.6. The monoisotopic (exact) mass is 150 g/mol. The summed E-state index contributed by atoms with van der Waals surface area (Å²) < 4.78 is 1.53. The standard InChI is InChI=1S/C7H10N4/c1-5(9)6-4-10-11(2)7(6)3-8/h4-5H,9H2,1-2H3. The number of nitrogens with zero attached hydrogens (tertiary/aromatic N) is 3. The third kappa shape index (κ3) is 1.23. The molecule has 0 aromatic carbocycles. The lowest BCUT2D eigenvalue weighted by Crippen LogP contribution is -2.06. The Morgan fingerprint density at radius 3 is 2.82 bits per heavy atom. The zero-order valence-corrected chi connectivity index (χ0v) is 6.57. The van der Waals surface area contributed by atoms with E-state index >= 15 is 0 Å². The molecule has 0 aliphatic rings. The maximum atomic E-state index is 8.67. The number of hydrogen-bond acceptors (Lipinski definition) is 3. The highest BCUT2D eigenvalue weighted by Gasteiger charge is 2.10. The highest BCUT2D eigenvalue weighted by atomic mass is 15.3. The normalized spacial score (nSPS) is 12.5. The molecule has 0 spiro atoms. The first-order valence-corrected chi connectivity index (χ1v) is 3.34. The van der Waals surface area contributed by atoms with Crippen LogP contribution in [0.1, 0.15) is 24.2 Å². The van der Waals surface area contributed by atoms with Crippen molar-refractivity contribution >= 4 is 0 Å². The zero-order valence-electron chi connectivity index (χ0n) is 6.57. The molecule has 0 bridgehead atoms. The van der Waals surface area contributed by atoms with Crippen LogP contribution in [0.2, 0.25) is 0 Å². The summed E-state index contributed by atoms with van der Waals surface area (Å²) >= 11 is 0. The van der Waals surface area contributed by atoms with Crippen molar-refractivity contribution in [1.82, 2.24) is 9.78 Å². The fraction of sp³-hybridized carbons (Fsp3) is 0.429. The second-order valence-corrected chi connectivity index (χ2v) is 2.47. The Bertz CT molecular complexity index is 292. The van der Waals surface area contributed by atoms with Crippen LogP contribution in [0.3, 0.4) is 0 Å². The highest BCUT2D eigenvalue weighted by molar-refractivity contribution is 5.31. The van der Waals surface area contributed by atoms with Gasteiger partial charge in [-0.05, 0) is 6.92 Å². The van der Waals surface area contributed by atoms with E-state index in [1.165, 1.54) is 4.68 Å². The van der Waals surface area contributed by atoms with Crippen LogP contribution in [0.25, 0.3) is 0 Å². The molecule has 0 saturated carbocycles. The first-order chi connectivity index (χ1) is 5.16. The van der Waals surface area contributed by atoms with Gasteiger partial charge in [0.2, 0.25) is 0 Å². The molecular formula is C7H10N4. The van der Waals surface area contributed by atoms with Gasteiger partial charge in [0, 0.05) is 18.7 Å². The second kappa shape index (κ2) is 2.72. The zero-order chi connectivity index (χ0) is 8.43. The van der Waals surface area contributed by atoms with Gasteiger partial charge in [0.05, 0.1) is 6.20 Å². The largest absolute Gasteiger partial charge is 0.324 e. The number of nitrogens with two attached hydrogens (primary N) is 1. The van der Waals surface area contributed by atoms with Crippen LogP contribution < -0.4 is 5.73 Å². The molecule has 1 rings (SSSR count). The molecule has 0 radical (unpaired) electrons. The van der Waals surface area contributed by atoms with E-state index < -0.39 is 0 Å². The van der Waals surface area contributed by atoms with E-state index in [4.69, 9.17) is 11.0 Å². The van der Waals surface area contributed by atoms with Crippen LogP contribution in [0.4, 0.5) is 0 Å². The van der Waals surface area contributed by atoms with Crippen LogP contribution in [-0.2, 0) is 7.05 Å². The molecule has 0 aliphatic heterocycles. The fourth-order valence-electron chi connectivity index (χ4n) is 0.925. The number of hydrogen-bond donors (Lipinski definition) is 1. The number of nitriles is 1. The van der Waals surface area contributed by atoms with E-state index in [0.717, 1.165) is 5.56 Å². The fourth-order valence-corrected chi connectivity index (χ4v) is 0.925. The minimum Gasteiger partial charge on any atom is -0.324 e. The molecule has 11 heavy (non-hydrogen) atoms. The SMILES string of the molecule is CC(N)c1cnn(C)c1C#N. The van der Waals surface area contributed by atoms with Crippen LogP contribution in [0.5, 0.6) is 0 Å². The van der Waals surface area contributed by atoms with E-state index in [0.29, 0.717) is 5.69 Å². The van der Waals surface area contributed by atoms with Crippen molar-refractivity contribution in [3.63, 3.8) is 0 Å². The average Bonchev–Trinajstić information content (AvgIpc) is 2.30. The van der Waals surface area contributed by atoms with Gasteiger partial charge in [-0.3, -0.25) is 4.68 Å². The van der Waals surface area contributed by atoms with Gasteiger partial charge in [-0.2, -0.15) is 10.4 Å². The Hall–Kier alpha value is -1.34. The van der Waals surface area contributed by atoms with E-state index in [-0.39, 0.29) is 6.04 Å². The summed E-state index contributed by atoms with van der Waals surface area (Å²) in [7, 11) is 1.73. The molecule has 0 saturated heterocycles. The van der Waals surface area contributed by atoms with Crippen LogP contribution in [0.15, 0.2) is 6.20 Å². The summed E-state index contributed by atoms with van der Waals surface area (Å²) in [4.78, 5) is 0. The topological polar surface area (TPSA) is 67.6 Å². The predicted octanol–water partition coefficient (Wildman–Crippen LogP) is 0.311. The molecule has 1 heterocycles. The second-order valence-electron chi connectivity index (χ2n) is 2.47. The van der Waals surface area contributed by atoms with Gasteiger partial charge in [-0.25, -0.2) is 0 Å². The molecule has 0 fully saturated rings. The van der Waals surface area contributed by atoms with Crippen molar-refractivity contribution in [3.05, 3.63) is 17.5 Å². The van der Waals surface area contributed by atoms with Crippen LogP contribution in [-0.4, -0.2) is 9.78 Å². The Balaban J connectivity index is 3.19. The Morgan fingerprint density at radius 1 is 1.82 bits per heavy atom. The molecule has 4 nitrogen and oxygen atoms in total. The highest BCUT2D eigenvalue weighted by Crippen LogP contribution is 2.12. The molecule has 1 aromatic heterocycles. The lowest BCUT2D eigenvalue weighted by Gasteiger charge is -2.00. The van der Waals surface area contributed by atoms with Gasteiger partial charge in [-0.1, -0.05) is 0 Å². The third-order valence-electron chi connectivity index (χ3n) is 1.56. The Morgan fingerprint density at radius 2 is 2.45 bits per heavy atom. The number of aromatic nitrogens is 2. The van der Waals surface area contributed by atoms with Gasteiger partial charge in [0.1, 0.15) is 11.8 Å². The summed E-state index contributed by atoms with van der Waals surface area (Å²) in [5.41, 5.74) is 6.94. The van der Waals surface area contributed by atoms with Gasteiger partial charge in [0.25, 0.3) is 0 Å². The quantitative estimate of drug-likeness (QED) is 0.626. The first kappa shape index (κ1) is 7.76. The molecule has 1 atom stereocenters. The van der Waals surface area contributed by atoms with E-state index in [9.17, 15) is 0 Å². The maximum absolute atomic E-state index is 8.67. The van der Waals surface area contributed by atoms with Crippen molar-refractivity contribution < 1.29 is 0 Å². The van der Waals surface area contributed by atoms with Crippen molar-refractivity contribution in [2.24, 2.45) is 12.8 Å². The summed E-state index contributed by atoms with van der Waals surface area (Å²) in [6.45, 7) is 1.83. The third-order valence-corrected chi connectivity index (χ3v) is 1.56. The van der Waals surface area contributed by atoms with Gasteiger partial charge in [0.15, 0.2) is 0 Å². The van der Waals surface area contributed by atoms with Crippen molar-refractivity contribution in [2.75, 3.05) is 0 Å². The molecule has 1 aromatic rings. The van der Waals surface area contributed by atoms with E-state index in [2.05, 4.69) is 5.10 Å². The molecule has 4 heteroatoms. The molecule has 1 unspecified atom stereocenters. The Labute approximate surface area is 65.2 Å². The molecule has 0 amide bonds. The van der Waals surface area contributed by atoms with Crippen molar-refractivity contribution in [3.8, 4) is 6.07 Å². The summed E-state index contributed by atoms with van der Waals surface area (Å²) in [6.07, 6.45) is 1.63. The smallest absolute Gasteiger partial charge is 0.142 e. The molecule has 58 valence electrons. The average molecular weight is 150 g/mol. The number of rotatable bonds is 1. The van der Waals surface area contributed by atoms with Gasteiger partial charge >= 0.3 is 0 Å². The maximum Gasteiger partial charge on any atom is 0.142 e. The summed E-state index contributed by atoms with van der Waals surface area (Å²) in [6, 6.07) is 1.92. The predicted molar refractivity (Wildman–Crippen MR) is 40.5 cm³/mol. The van der Waals surface area contributed by atoms with E-state index in [1.807, 2.05) is 13.0 Å². The molecule has 2 N–H and O–H groups in total. The summed E-state index contributed by atoms with van der Waals surface area (Å²) in [5.74, 6) is 0. The van der Waals surface area contributed by atoms with E-state index in [1.54, 1.807) is 13.2 Å². The minimum absolute atomic E-state index is 0.127. The Kier molecular flexibility index (Phi) is 1.92. The first-order valence-electron chi connectivity index (χ1n) is 3.34. The minimum atomic E-state index is -0.127. The molecular weight excluding hydrogens is 140 g/mol. The van der Waals surface area contributed by atoms with Gasteiger partial charge < -0.3 is 5.73 Å². The van der Waals surface area contributed by atoms with Crippen molar-refractivity contribution in [1.29, 1.82) is 5.26 Å². The van der Waals surface area contributed by atoms with Crippen LogP contribution >= 0.6 is 0 Å². The van der Waals surface area contributed by atoms with Crippen LogP contribution in [0, 0.1) is 11.3 Å².